The van der Waals surface area contributed by atoms with Gasteiger partial charge in [-0.15, -0.1) is 0 Å². The van der Waals surface area contributed by atoms with Gasteiger partial charge in [0.25, 0.3) is 0 Å². The Bertz CT molecular complexity index is 601. The molecular weight excluding hydrogens is 556 g/mol. The van der Waals surface area contributed by atoms with Gasteiger partial charge >= 0.3 is 0 Å². The second-order valence-corrected chi connectivity index (χ2v) is 15.4. The molecule has 0 aromatic rings. The fourth-order valence-corrected chi connectivity index (χ4v) is 7.57. The largest absolute Gasteiger partial charge is 0.356 e. The molecule has 0 bridgehead atoms. The molecular formula is C44H88N2. The van der Waals surface area contributed by atoms with Crippen LogP contribution in [0.2, 0.25) is 0 Å². The van der Waals surface area contributed by atoms with Gasteiger partial charge in [-0.05, 0) is 25.7 Å². The SMILES string of the molecule is CCCCCCCCCCCCCCCCCCCC1N(CCCC)C=CN1CCCCCCCCCCCCCCCCCC. The minimum Gasteiger partial charge on any atom is -0.356 e. The Morgan fingerprint density at radius 1 is 0.283 bits per heavy atom. The number of hydrogen-bond donors (Lipinski definition) is 0. The molecule has 0 amide bonds. The van der Waals surface area contributed by atoms with Crippen molar-refractivity contribution in [2.45, 2.75) is 258 Å². The van der Waals surface area contributed by atoms with Gasteiger partial charge in [0.15, 0.2) is 0 Å². The van der Waals surface area contributed by atoms with Gasteiger partial charge in [-0.3, -0.25) is 0 Å². The molecule has 0 saturated carbocycles. The predicted molar refractivity (Wildman–Crippen MR) is 210 cm³/mol. The van der Waals surface area contributed by atoms with Crippen molar-refractivity contribution in [1.82, 2.24) is 9.80 Å². The monoisotopic (exact) mass is 645 g/mol. The fourth-order valence-electron chi connectivity index (χ4n) is 7.57. The maximum atomic E-state index is 2.70. The molecule has 1 rings (SSSR count). The van der Waals surface area contributed by atoms with E-state index in [9.17, 15) is 0 Å². The first-order valence-electron chi connectivity index (χ1n) is 22.0. The average Bonchev–Trinajstić information content (AvgIpc) is 3.45. The number of hydrogen-bond acceptors (Lipinski definition) is 2. The lowest BCUT2D eigenvalue weighted by molar-refractivity contribution is 0.136. The maximum absolute atomic E-state index is 2.70. The van der Waals surface area contributed by atoms with Gasteiger partial charge in [0.2, 0.25) is 0 Å². The molecule has 1 atom stereocenters. The van der Waals surface area contributed by atoms with E-state index in [1.807, 2.05) is 0 Å². The zero-order chi connectivity index (χ0) is 33.0. The van der Waals surface area contributed by atoms with Gasteiger partial charge in [0, 0.05) is 25.5 Å². The molecule has 1 unspecified atom stereocenters. The maximum Gasteiger partial charge on any atom is 0.101 e. The zero-order valence-corrected chi connectivity index (χ0v) is 32.5. The van der Waals surface area contributed by atoms with Gasteiger partial charge in [0.05, 0.1) is 0 Å². The first kappa shape index (κ1) is 43.4. The van der Waals surface area contributed by atoms with Crippen molar-refractivity contribution in [1.29, 1.82) is 0 Å². The second-order valence-electron chi connectivity index (χ2n) is 15.4. The minimum atomic E-state index is 0.638. The first-order valence-corrected chi connectivity index (χ1v) is 22.0. The highest BCUT2D eigenvalue weighted by Crippen LogP contribution is 2.24. The van der Waals surface area contributed by atoms with E-state index in [0.717, 1.165) is 0 Å². The highest BCUT2D eigenvalue weighted by Gasteiger charge is 2.24. The van der Waals surface area contributed by atoms with E-state index in [1.165, 1.54) is 244 Å². The summed E-state index contributed by atoms with van der Waals surface area (Å²) in [5, 5.41) is 0. The molecule has 2 heteroatoms. The topological polar surface area (TPSA) is 6.48 Å². The smallest absolute Gasteiger partial charge is 0.101 e. The molecule has 0 spiro atoms. The summed E-state index contributed by atoms with van der Waals surface area (Å²) in [5.41, 5.74) is 0. The summed E-state index contributed by atoms with van der Waals surface area (Å²) in [6.45, 7) is 9.46. The van der Waals surface area contributed by atoms with E-state index in [1.54, 1.807) is 0 Å². The van der Waals surface area contributed by atoms with Crippen molar-refractivity contribution in [3.63, 3.8) is 0 Å². The van der Waals surface area contributed by atoms with Crippen LogP contribution in [0.4, 0.5) is 0 Å². The van der Waals surface area contributed by atoms with Gasteiger partial charge in [0.1, 0.15) is 6.17 Å². The van der Waals surface area contributed by atoms with E-state index in [-0.39, 0.29) is 0 Å². The van der Waals surface area contributed by atoms with E-state index < -0.39 is 0 Å². The number of nitrogens with zero attached hydrogens (tertiary/aromatic N) is 2. The van der Waals surface area contributed by atoms with E-state index in [2.05, 4.69) is 43.0 Å². The van der Waals surface area contributed by atoms with Crippen molar-refractivity contribution in [2.24, 2.45) is 0 Å². The van der Waals surface area contributed by atoms with Gasteiger partial charge in [-0.25, -0.2) is 0 Å². The molecule has 1 aliphatic heterocycles. The average molecular weight is 645 g/mol. The zero-order valence-electron chi connectivity index (χ0n) is 32.5. The molecule has 0 aliphatic carbocycles. The summed E-state index contributed by atoms with van der Waals surface area (Å²) in [6.07, 6.45) is 57.5. The van der Waals surface area contributed by atoms with Crippen LogP contribution in [0.25, 0.3) is 0 Å². The molecule has 0 aromatic heterocycles. The van der Waals surface area contributed by atoms with Crippen LogP contribution in [0, 0.1) is 0 Å². The third kappa shape index (κ3) is 27.3. The Morgan fingerprint density at radius 3 is 0.826 bits per heavy atom. The van der Waals surface area contributed by atoms with Crippen LogP contribution in [0.3, 0.4) is 0 Å². The molecule has 2 nitrogen and oxygen atoms in total. The summed E-state index contributed by atoms with van der Waals surface area (Å²) in [5.74, 6) is 0. The second kappa shape index (κ2) is 35.6. The van der Waals surface area contributed by atoms with E-state index in [0.29, 0.717) is 6.17 Å². The number of unbranched alkanes of at least 4 members (excludes halogenated alkanes) is 32. The minimum absolute atomic E-state index is 0.638. The molecule has 0 fully saturated rings. The molecule has 0 radical (unpaired) electrons. The third-order valence-electron chi connectivity index (χ3n) is 10.8. The Morgan fingerprint density at radius 2 is 0.522 bits per heavy atom. The summed E-state index contributed by atoms with van der Waals surface area (Å²) in [7, 11) is 0. The van der Waals surface area contributed by atoms with Gasteiger partial charge in [-0.1, -0.05) is 226 Å². The van der Waals surface area contributed by atoms with Crippen molar-refractivity contribution in [2.75, 3.05) is 13.1 Å². The Labute approximate surface area is 292 Å². The highest BCUT2D eigenvalue weighted by molar-refractivity contribution is 4.96. The van der Waals surface area contributed by atoms with Crippen LogP contribution in [0.15, 0.2) is 12.4 Å². The number of rotatable bonds is 38. The normalized spacial score (nSPS) is 14.7. The van der Waals surface area contributed by atoms with Crippen LogP contribution in [0.5, 0.6) is 0 Å². The van der Waals surface area contributed by atoms with Crippen LogP contribution in [0.1, 0.15) is 252 Å². The standard InChI is InChI=1S/C44H88N2/c1-4-7-10-12-14-16-18-20-22-24-25-27-29-31-33-35-37-39-44-45(40-9-6-3)42-43-46(44)41-38-36-34-32-30-28-26-23-21-19-17-15-13-11-8-5-2/h42-44H,4-41H2,1-3H3. The summed E-state index contributed by atoms with van der Waals surface area (Å²) in [4.78, 5) is 5.37. The van der Waals surface area contributed by atoms with Gasteiger partial charge in [-0.2, -0.15) is 0 Å². The predicted octanol–water partition coefficient (Wildman–Crippen LogP) is 15.5. The van der Waals surface area contributed by atoms with Crippen molar-refractivity contribution < 1.29 is 0 Å². The highest BCUT2D eigenvalue weighted by atomic mass is 15.4. The fraction of sp³-hybridized carbons (Fsp3) is 0.955. The van der Waals surface area contributed by atoms with Crippen LogP contribution >= 0.6 is 0 Å². The molecule has 0 N–H and O–H groups in total. The Kier molecular flexibility index (Phi) is 33.6. The first-order chi connectivity index (χ1) is 22.8. The summed E-state index contributed by atoms with van der Waals surface area (Å²) >= 11 is 0. The summed E-state index contributed by atoms with van der Waals surface area (Å²) < 4.78 is 0. The molecule has 0 aromatic carbocycles. The lowest BCUT2D eigenvalue weighted by atomic mass is 10.0. The van der Waals surface area contributed by atoms with Crippen molar-refractivity contribution >= 4 is 0 Å². The van der Waals surface area contributed by atoms with E-state index >= 15 is 0 Å². The Balaban J connectivity index is 1.98. The van der Waals surface area contributed by atoms with Crippen LogP contribution < -0.4 is 0 Å². The molecule has 46 heavy (non-hydrogen) atoms. The lowest BCUT2D eigenvalue weighted by Crippen LogP contribution is -2.39. The quantitative estimate of drug-likeness (QED) is 0.0617. The molecule has 1 aliphatic rings. The summed E-state index contributed by atoms with van der Waals surface area (Å²) in [6, 6.07) is 0. The third-order valence-corrected chi connectivity index (χ3v) is 10.8. The molecule has 274 valence electrons. The molecule has 1 heterocycles. The van der Waals surface area contributed by atoms with Crippen molar-refractivity contribution in [3.8, 4) is 0 Å². The van der Waals surface area contributed by atoms with Crippen LogP contribution in [-0.2, 0) is 0 Å². The van der Waals surface area contributed by atoms with Crippen molar-refractivity contribution in [3.05, 3.63) is 12.4 Å². The lowest BCUT2D eigenvalue weighted by Gasteiger charge is -2.33. The molecule has 0 saturated heterocycles. The van der Waals surface area contributed by atoms with Crippen LogP contribution in [-0.4, -0.2) is 29.1 Å². The van der Waals surface area contributed by atoms with E-state index in [4.69, 9.17) is 0 Å². The Hall–Kier alpha value is -0.660. The van der Waals surface area contributed by atoms with Gasteiger partial charge < -0.3 is 9.80 Å².